The van der Waals surface area contributed by atoms with Crippen LogP contribution in [0.25, 0.3) is 23.3 Å². The Morgan fingerprint density at radius 3 is 0.965 bits per heavy atom. The summed E-state index contributed by atoms with van der Waals surface area (Å²) < 4.78 is 0. The van der Waals surface area contributed by atoms with Gasteiger partial charge in [0.2, 0.25) is 0 Å². The lowest BCUT2D eigenvalue weighted by Gasteiger charge is -2.35. The molecular formula is C55H44N2. The summed E-state index contributed by atoms with van der Waals surface area (Å²) in [4.78, 5) is 4.76. The highest BCUT2D eigenvalue weighted by Crippen LogP contribution is 2.55. The van der Waals surface area contributed by atoms with Crippen molar-refractivity contribution in [2.45, 2.75) is 18.3 Å². The molecule has 57 heavy (non-hydrogen) atoms. The minimum absolute atomic E-state index is 0.416. The maximum atomic E-state index is 4.04. The van der Waals surface area contributed by atoms with Crippen LogP contribution in [-0.4, -0.2) is 0 Å². The molecule has 0 saturated carbocycles. The summed E-state index contributed by atoms with van der Waals surface area (Å²) in [7, 11) is 0. The van der Waals surface area contributed by atoms with Crippen molar-refractivity contribution in [2.75, 3.05) is 9.80 Å². The first-order valence-electron chi connectivity index (χ1n) is 19.7. The molecule has 1 aliphatic rings. The van der Waals surface area contributed by atoms with Gasteiger partial charge in [-0.15, -0.1) is 0 Å². The van der Waals surface area contributed by atoms with Gasteiger partial charge in [0.25, 0.3) is 0 Å². The van der Waals surface area contributed by atoms with E-state index in [4.69, 9.17) is 0 Å². The van der Waals surface area contributed by atoms with Gasteiger partial charge in [0.05, 0.1) is 0 Å². The Morgan fingerprint density at radius 2 is 0.667 bits per heavy atom. The first kappa shape index (κ1) is 35.5. The minimum Gasteiger partial charge on any atom is -0.310 e. The first-order valence-corrected chi connectivity index (χ1v) is 19.7. The summed E-state index contributed by atoms with van der Waals surface area (Å²) >= 11 is 0. The van der Waals surface area contributed by atoms with Crippen LogP contribution in [0, 0.1) is 0 Å². The van der Waals surface area contributed by atoms with Crippen LogP contribution < -0.4 is 9.80 Å². The first-order chi connectivity index (χ1) is 28.1. The Hall–Kier alpha value is -7.16. The van der Waals surface area contributed by atoms with E-state index in [1.54, 1.807) is 0 Å². The average Bonchev–Trinajstić information content (AvgIpc) is 3.53. The molecule has 0 bridgehead atoms. The second-order valence-corrected chi connectivity index (χ2v) is 14.8. The van der Waals surface area contributed by atoms with Gasteiger partial charge in [0.15, 0.2) is 0 Å². The van der Waals surface area contributed by atoms with E-state index in [-0.39, 0.29) is 0 Å². The third-order valence-electron chi connectivity index (χ3n) is 11.3. The molecule has 0 amide bonds. The number of fused-ring (bicyclic) bond motifs is 3. The number of para-hydroxylation sites is 4. The van der Waals surface area contributed by atoms with Gasteiger partial charge >= 0.3 is 0 Å². The third kappa shape index (κ3) is 6.88. The van der Waals surface area contributed by atoms with Crippen molar-refractivity contribution < 1.29 is 0 Å². The Kier molecular flexibility index (Phi) is 9.68. The van der Waals surface area contributed by atoms with Gasteiger partial charge in [-0.25, -0.2) is 0 Å². The van der Waals surface area contributed by atoms with Crippen LogP contribution in [-0.2, 0) is 18.3 Å². The molecule has 0 heterocycles. The van der Waals surface area contributed by atoms with E-state index in [2.05, 4.69) is 229 Å². The molecule has 0 N–H and O–H groups in total. The third-order valence-corrected chi connectivity index (χ3v) is 11.3. The van der Waals surface area contributed by atoms with E-state index in [9.17, 15) is 0 Å². The van der Waals surface area contributed by atoms with E-state index in [0.29, 0.717) is 0 Å². The summed E-state index contributed by atoms with van der Waals surface area (Å²) in [6, 6.07) is 75.0. The lowest BCUT2D eigenvalue weighted by molar-refractivity contribution is 0.520. The molecule has 0 radical (unpaired) electrons. The fourth-order valence-corrected chi connectivity index (χ4v) is 8.64. The standard InChI is InChI=1S/C55H44N2/c1-3-41-25-29-43(30-26-41)39-55(40-44-31-27-42(4-2)28-32-44)53-37-49(56(45-17-9-5-10-18-45)46-19-11-6-12-20-46)33-35-51(53)52-36-34-50(38-54(52)55)57(47-21-13-7-14-22-47)48-23-15-8-16-24-48/h3-38H,1-2,39-40H2. The lowest BCUT2D eigenvalue weighted by atomic mass is 9.69. The highest BCUT2D eigenvalue weighted by atomic mass is 15.1. The predicted molar refractivity (Wildman–Crippen MR) is 242 cm³/mol. The van der Waals surface area contributed by atoms with Gasteiger partial charge in [0.1, 0.15) is 0 Å². The maximum Gasteiger partial charge on any atom is 0.0465 e. The van der Waals surface area contributed by atoms with E-state index in [0.717, 1.165) is 58.1 Å². The van der Waals surface area contributed by atoms with Crippen LogP contribution in [0.1, 0.15) is 33.4 Å². The summed E-state index contributed by atoms with van der Waals surface area (Å²) in [5, 5.41) is 0. The molecule has 0 saturated heterocycles. The molecule has 0 aliphatic heterocycles. The summed E-state index contributed by atoms with van der Waals surface area (Å²) in [6.07, 6.45) is 5.47. The van der Waals surface area contributed by atoms with Crippen LogP contribution in [0.3, 0.4) is 0 Å². The number of rotatable bonds is 12. The Morgan fingerprint density at radius 1 is 0.351 bits per heavy atom. The average molecular weight is 733 g/mol. The van der Waals surface area contributed by atoms with Gasteiger partial charge in [0, 0.05) is 39.5 Å². The van der Waals surface area contributed by atoms with Gasteiger partial charge in [-0.3, -0.25) is 0 Å². The highest BCUT2D eigenvalue weighted by molar-refractivity contribution is 5.89. The fourth-order valence-electron chi connectivity index (χ4n) is 8.64. The second kappa shape index (κ2) is 15.5. The highest BCUT2D eigenvalue weighted by Gasteiger charge is 2.44. The van der Waals surface area contributed by atoms with Crippen LogP contribution >= 0.6 is 0 Å². The van der Waals surface area contributed by atoms with Gasteiger partial charge in [-0.1, -0.05) is 159 Å². The van der Waals surface area contributed by atoms with Crippen molar-refractivity contribution in [2.24, 2.45) is 0 Å². The molecule has 2 heteroatoms. The zero-order valence-electron chi connectivity index (χ0n) is 32.0. The minimum atomic E-state index is -0.416. The van der Waals surface area contributed by atoms with Crippen molar-refractivity contribution in [1.82, 2.24) is 0 Å². The van der Waals surface area contributed by atoms with Crippen molar-refractivity contribution in [1.29, 1.82) is 0 Å². The summed E-state index contributed by atoms with van der Waals surface area (Å²) in [5.74, 6) is 0. The molecule has 0 unspecified atom stereocenters. The smallest absolute Gasteiger partial charge is 0.0465 e. The van der Waals surface area contributed by atoms with Gasteiger partial charge in [-0.05, 0) is 130 Å². The predicted octanol–water partition coefficient (Wildman–Crippen LogP) is 14.7. The van der Waals surface area contributed by atoms with Crippen molar-refractivity contribution in [3.8, 4) is 11.1 Å². The second-order valence-electron chi connectivity index (χ2n) is 14.8. The molecule has 8 aromatic rings. The van der Waals surface area contributed by atoms with Crippen LogP contribution in [0.2, 0.25) is 0 Å². The summed E-state index contributed by atoms with van der Waals surface area (Å²) in [6.45, 7) is 8.09. The molecule has 0 fully saturated rings. The van der Waals surface area contributed by atoms with Crippen LogP contribution in [0.5, 0.6) is 0 Å². The van der Waals surface area contributed by atoms with Crippen molar-refractivity contribution in [3.05, 3.63) is 253 Å². The monoisotopic (exact) mass is 732 g/mol. The number of benzene rings is 8. The maximum absolute atomic E-state index is 4.04. The van der Waals surface area contributed by atoms with Crippen molar-refractivity contribution >= 4 is 46.3 Å². The molecule has 1 aliphatic carbocycles. The molecule has 0 spiro atoms. The van der Waals surface area contributed by atoms with E-state index in [1.165, 1.54) is 33.4 Å². The fraction of sp³-hybridized carbons (Fsp3) is 0.0545. The summed E-state index contributed by atoms with van der Waals surface area (Å²) in [5.41, 5.74) is 16.3. The Balaban J connectivity index is 1.30. The Labute approximate surface area is 337 Å². The zero-order chi connectivity index (χ0) is 38.6. The molecule has 0 aromatic heterocycles. The van der Waals surface area contributed by atoms with E-state index in [1.807, 2.05) is 12.2 Å². The number of hydrogen-bond acceptors (Lipinski definition) is 2. The van der Waals surface area contributed by atoms with E-state index < -0.39 is 5.41 Å². The van der Waals surface area contributed by atoms with Crippen LogP contribution in [0.4, 0.5) is 34.1 Å². The molecule has 0 atom stereocenters. The lowest BCUT2D eigenvalue weighted by Crippen LogP contribution is -2.31. The number of nitrogens with zero attached hydrogens (tertiary/aromatic N) is 2. The Bertz CT molecular complexity index is 2360. The molecule has 8 aromatic carbocycles. The zero-order valence-corrected chi connectivity index (χ0v) is 32.0. The number of anilines is 6. The van der Waals surface area contributed by atoms with Gasteiger partial charge < -0.3 is 9.80 Å². The SMILES string of the molecule is C=Cc1ccc(CC2(Cc3ccc(C=C)cc3)c3cc(N(c4ccccc4)c4ccccc4)ccc3-c3ccc(N(c4ccccc4)c4ccccc4)cc32)cc1. The van der Waals surface area contributed by atoms with Crippen molar-refractivity contribution in [3.63, 3.8) is 0 Å². The largest absolute Gasteiger partial charge is 0.310 e. The molecule has 2 nitrogen and oxygen atoms in total. The molecule has 9 rings (SSSR count). The quantitative estimate of drug-likeness (QED) is 0.123. The van der Waals surface area contributed by atoms with Crippen LogP contribution in [0.15, 0.2) is 219 Å². The molecule has 274 valence electrons. The van der Waals surface area contributed by atoms with E-state index >= 15 is 0 Å². The number of hydrogen-bond donors (Lipinski definition) is 0. The normalized spacial score (nSPS) is 12.3. The van der Waals surface area contributed by atoms with Gasteiger partial charge in [-0.2, -0.15) is 0 Å². The molecular weight excluding hydrogens is 689 g/mol. The topological polar surface area (TPSA) is 6.48 Å².